The molecule has 150 valence electrons. The number of para-hydroxylation sites is 3. The Kier molecular flexibility index (Phi) is 4.25. The number of rotatable bonds is 3. The van der Waals surface area contributed by atoms with E-state index in [1.54, 1.807) is 7.11 Å². The Morgan fingerprint density at radius 3 is 2.00 bits per heavy atom. The topological polar surface area (TPSA) is 28.3 Å². The smallest absolute Gasteiger partial charge is 0.118 e. The van der Waals surface area contributed by atoms with Crippen LogP contribution >= 0.6 is 11.8 Å². The predicted molar refractivity (Wildman–Crippen MR) is 129 cm³/mol. The number of benzene rings is 4. The third kappa shape index (κ3) is 2.91. The van der Waals surface area contributed by atoms with Gasteiger partial charge in [0.1, 0.15) is 5.75 Å². The lowest BCUT2D eigenvalue weighted by Gasteiger charge is -2.33. The van der Waals surface area contributed by atoms with Crippen molar-refractivity contribution in [1.82, 2.24) is 4.98 Å². The zero-order chi connectivity index (χ0) is 20.8. The van der Waals surface area contributed by atoms with E-state index >= 15 is 0 Å². The molecule has 4 heteroatoms. The summed E-state index contributed by atoms with van der Waals surface area (Å²) in [6, 6.07) is 34.0. The van der Waals surface area contributed by atoms with Gasteiger partial charge in [0.25, 0.3) is 0 Å². The molecule has 0 bridgehead atoms. The molecule has 3 nitrogen and oxygen atoms in total. The van der Waals surface area contributed by atoms with E-state index in [1.165, 1.54) is 32.2 Å². The second-order valence-electron chi connectivity index (χ2n) is 7.50. The van der Waals surface area contributed by atoms with E-state index in [0.29, 0.717) is 0 Å². The van der Waals surface area contributed by atoms with Gasteiger partial charge in [-0.25, -0.2) is 0 Å². The van der Waals surface area contributed by atoms with Gasteiger partial charge in [-0.3, -0.25) is 0 Å². The molecule has 1 aliphatic rings. The maximum atomic E-state index is 5.38. The predicted octanol–water partition coefficient (Wildman–Crippen LogP) is 7.78. The third-order valence-electron chi connectivity index (χ3n) is 5.71. The van der Waals surface area contributed by atoms with Crippen LogP contribution in [0.25, 0.3) is 22.2 Å². The molecule has 4 aromatic carbocycles. The van der Waals surface area contributed by atoms with Gasteiger partial charge < -0.3 is 14.6 Å². The molecule has 1 aliphatic heterocycles. The molecule has 0 aliphatic carbocycles. The highest BCUT2D eigenvalue weighted by Crippen LogP contribution is 2.54. The van der Waals surface area contributed by atoms with Gasteiger partial charge in [0, 0.05) is 26.3 Å². The van der Waals surface area contributed by atoms with Crippen LogP contribution in [0.3, 0.4) is 0 Å². The molecule has 5 aromatic rings. The molecular formula is C27H20N2OS. The van der Waals surface area contributed by atoms with Gasteiger partial charge >= 0.3 is 0 Å². The molecule has 0 atom stereocenters. The summed E-state index contributed by atoms with van der Waals surface area (Å²) in [6.45, 7) is 0. The Bertz CT molecular complexity index is 1360. The van der Waals surface area contributed by atoms with E-state index in [0.717, 1.165) is 22.5 Å². The number of fused-ring (bicyclic) bond motifs is 3. The first-order valence-electron chi connectivity index (χ1n) is 10.2. The Morgan fingerprint density at radius 1 is 0.710 bits per heavy atom. The van der Waals surface area contributed by atoms with Crippen molar-refractivity contribution in [3.63, 3.8) is 0 Å². The number of nitrogens with one attached hydrogen (secondary N) is 1. The van der Waals surface area contributed by atoms with Crippen LogP contribution in [0.2, 0.25) is 0 Å². The van der Waals surface area contributed by atoms with Crippen LogP contribution in [0.4, 0.5) is 17.1 Å². The molecule has 0 spiro atoms. The van der Waals surface area contributed by atoms with Crippen molar-refractivity contribution in [3.8, 4) is 17.0 Å². The summed E-state index contributed by atoms with van der Waals surface area (Å²) in [5, 5.41) is 1.20. The van der Waals surface area contributed by atoms with E-state index < -0.39 is 0 Å². The number of nitrogens with zero attached hydrogens (tertiary/aromatic N) is 1. The molecule has 2 heterocycles. The molecule has 0 saturated carbocycles. The van der Waals surface area contributed by atoms with E-state index in [2.05, 4.69) is 94.8 Å². The monoisotopic (exact) mass is 420 g/mol. The Balaban J connectivity index is 1.67. The molecule has 0 saturated heterocycles. The minimum atomic E-state index is 0.853. The van der Waals surface area contributed by atoms with E-state index in [1.807, 2.05) is 23.9 Å². The first-order valence-corrected chi connectivity index (χ1v) is 11.1. The number of anilines is 3. The van der Waals surface area contributed by atoms with Gasteiger partial charge in [-0.15, -0.1) is 0 Å². The van der Waals surface area contributed by atoms with Gasteiger partial charge in [-0.2, -0.15) is 0 Å². The highest BCUT2D eigenvalue weighted by molar-refractivity contribution is 7.99. The molecule has 1 N–H and O–H groups in total. The molecule has 1 aromatic heterocycles. The summed E-state index contributed by atoms with van der Waals surface area (Å²) >= 11 is 1.83. The van der Waals surface area contributed by atoms with Gasteiger partial charge in [0.2, 0.25) is 0 Å². The minimum Gasteiger partial charge on any atom is -0.497 e. The molecule has 6 rings (SSSR count). The van der Waals surface area contributed by atoms with Crippen molar-refractivity contribution in [3.05, 3.63) is 97.1 Å². The summed E-state index contributed by atoms with van der Waals surface area (Å²) in [6.07, 6.45) is 0. The summed E-state index contributed by atoms with van der Waals surface area (Å²) in [7, 11) is 1.70. The van der Waals surface area contributed by atoms with Crippen LogP contribution in [0, 0.1) is 0 Å². The Morgan fingerprint density at radius 2 is 1.32 bits per heavy atom. The number of H-pyrrole nitrogens is 1. The maximum Gasteiger partial charge on any atom is 0.118 e. The molecule has 0 fully saturated rings. The largest absolute Gasteiger partial charge is 0.497 e. The highest BCUT2D eigenvalue weighted by Gasteiger charge is 2.28. The normalized spacial score (nSPS) is 12.5. The standard InChI is InChI=1S/C27H20N2OS/c1-30-19-16-14-18(15-17-19)26-27(20-8-2-3-9-21(20)28-26)29-22-10-4-6-12-24(22)31-25-13-7-5-11-23(25)29/h2-17,28H,1H3. The lowest BCUT2D eigenvalue weighted by molar-refractivity contribution is 0.415. The van der Waals surface area contributed by atoms with E-state index in [4.69, 9.17) is 4.74 Å². The van der Waals surface area contributed by atoms with Crippen molar-refractivity contribution < 1.29 is 4.74 Å². The lowest BCUT2D eigenvalue weighted by Crippen LogP contribution is -2.15. The van der Waals surface area contributed by atoms with Crippen LogP contribution in [0.5, 0.6) is 5.75 Å². The van der Waals surface area contributed by atoms with Gasteiger partial charge in [0.05, 0.1) is 29.9 Å². The van der Waals surface area contributed by atoms with Crippen LogP contribution in [0.1, 0.15) is 0 Å². The van der Waals surface area contributed by atoms with Crippen LogP contribution < -0.4 is 9.64 Å². The Hall–Kier alpha value is -3.63. The first kappa shape index (κ1) is 18.2. The lowest BCUT2D eigenvalue weighted by atomic mass is 10.1. The fourth-order valence-corrected chi connectivity index (χ4v) is 5.33. The van der Waals surface area contributed by atoms with Crippen LogP contribution in [0.15, 0.2) is 107 Å². The second-order valence-corrected chi connectivity index (χ2v) is 8.58. The van der Waals surface area contributed by atoms with Crippen molar-refractivity contribution in [2.45, 2.75) is 9.79 Å². The third-order valence-corrected chi connectivity index (χ3v) is 6.84. The minimum absolute atomic E-state index is 0.853. The van der Waals surface area contributed by atoms with Crippen molar-refractivity contribution >= 4 is 39.7 Å². The fourth-order valence-electron chi connectivity index (χ4n) is 4.27. The zero-order valence-corrected chi connectivity index (χ0v) is 17.8. The number of aromatic nitrogens is 1. The summed E-state index contributed by atoms with van der Waals surface area (Å²) in [5.41, 5.74) is 6.91. The number of aromatic amines is 1. The van der Waals surface area contributed by atoms with Gasteiger partial charge in [-0.05, 0) is 54.6 Å². The number of hydrogen-bond donors (Lipinski definition) is 1. The van der Waals surface area contributed by atoms with Gasteiger partial charge in [0.15, 0.2) is 0 Å². The van der Waals surface area contributed by atoms with Crippen molar-refractivity contribution in [2.24, 2.45) is 0 Å². The average Bonchev–Trinajstić information content (AvgIpc) is 3.22. The van der Waals surface area contributed by atoms with Crippen molar-refractivity contribution in [2.75, 3.05) is 12.0 Å². The molecule has 31 heavy (non-hydrogen) atoms. The first-order chi connectivity index (χ1) is 15.3. The number of ether oxygens (including phenoxy) is 1. The quantitative estimate of drug-likeness (QED) is 0.317. The maximum absolute atomic E-state index is 5.38. The molecular weight excluding hydrogens is 400 g/mol. The van der Waals surface area contributed by atoms with Crippen LogP contribution in [-0.2, 0) is 0 Å². The summed E-state index contributed by atoms with van der Waals surface area (Å²) in [4.78, 5) is 8.60. The SMILES string of the molecule is COc1ccc(-c2[nH]c3ccccc3c2N2c3ccccc3Sc3ccccc32)cc1. The summed E-state index contributed by atoms with van der Waals surface area (Å²) < 4.78 is 5.38. The van der Waals surface area contributed by atoms with Crippen LogP contribution in [-0.4, -0.2) is 12.1 Å². The average molecular weight is 421 g/mol. The van der Waals surface area contributed by atoms with E-state index in [9.17, 15) is 0 Å². The second kappa shape index (κ2) is 7.25. The van der Waals surface area contributed by atoms with E-state index in [-0.39, 0.29) is 0 Å². The highest BCUT2D eigenvalue weighted by atomic mass is 32.2. The fraction of sp³-hybridized carbons (Fsp3) is 0.0370. The summed E-state index contributed by atoms with van der Waals surface area (Å²) in [5.74, 6) is 0.853. The Labute approximate surface area is 185 Å². The number of methoxy groups -OCH3 is 1. The molecule has 0 amide bonds. The van der Waals surface area contributed by atoms with Crippen molar-refractivity contribution in [1.29, 1.82) is 0 Å². The van der Waals surface area contributed by atoms with Gasteiger partial charge in [-0.1, -0.05) is 54.2 Å². The number of hydrogen-bond acceptors (Lipinski definition) is 3. The zero-order valence-electron chi connectivity index (χ0n) is 17.0. The molecule has 0 radical (unpaired) electrons. The molecule has 0 unspecified atom stereocenters.